The van der Waals surface area contributed by atoms with Crippen molar-refractivity contribution in [2.45, 2.75) is 32.2 Å². The number of carbonyl (C=O) groups excluding carboxylic acids is 1. The number of hydrogen-bond acceptors (Lipinski definition) is 3. The Morgan fingerprint density at radius 1 is 1.57 bits per heavy atom. The van der Waals surface area contributed by atoms with E-state index in [1.807, 2.05) is 0 Å². The molecular formula is C10H20N2O2. The molecule has 4 heteroatoms. The van der Waals surface area contributed by atoms with Crippen molar-refractivity contribution in [3.8, 4) is 0 Å². The summed E-state index contributed by atoms with van der Waals surface area (Å²) in [6, 6.07) is 0.327. The number of rotatable bonds is 6. The molecule has 0 spiro atoms. The van der Waals surface area contributed by atoms with Crippen LogP contribution < -0.4 is 10.6 Å². The molecule has 1 aliphatic heterocycles. The van der Waals surface area contributed by atoms with E-state index in [0.717, 1.165) is 32.5 Å². The maximum Gasteiger partial charge on any atom is 0.222 e. The van der Waals surface area contributed by atoms with Gasteiger partial charge in [-0.25, -0.2) is 0 Å². The van der Waals surface area contributed by atoms with Crippen LogP contribution in [0.15, 0.2) is 0 Å². The van der Waals surface area contributed by atoms with Crippen LogP contribution in [-0.2, 0) is 9.53 Å². The van der Waals surface area contributed by atoms with Crippen molar-refractivity contribution in [2.24, 2.45) is 0 Å². The van der Waals surface area contributed by atoms with E-state index >= 15 is 0 Å². The number of hydrogen-bond donors (Lipinski definition) is 2. The van der Waals surface area contributed by atoms with E-state index in [2.05, 4.69) is 17.6 Å². The van der Waals surface area contributed by atoms with Gasteiger partial charge in [0.2, 0.25) is 5.91 Å². The van der Waals surface area contributed by atoms with Gasteiger partial charge >= 0.3 is 0 Å². The van der Waals surface area contributed by atoms with Crippen molar-refractivity contribution >= 4 is 5.91 Å². The minimum Gasteiger partial charge on any atom is -0.381 e. The first-order chi connectivity index (χ1) is 6.83. The Balaban J connectivity index is 1.98. The molecule has 2 N–H and O–H groups in total. The predicted octanol–water partition coefficient (Wildman–Crippen LogP) is 0.281. The average Bonchev–Trinajstić information content (AvgIpc) is 2.65. The molecule has 1 unspecified atom stereocenters. The molecule has 0 aromatic heterocycles. The molecule has 0 radical (unpaired) electrons. The van der Waals surface area contributed by atoms with E-state index in [9.17, 15) is 4.79 Å². The zero-order valence-electron chi connectivity index (χ0n) is 8.84. The van der Waals surface area contributed by atoms with Gasteiger partial charge in [0.15, 0.2) is 0 Å². The van der Waals surface area contributed by atoms with Crippen molar-refractivity contribution < 1.29 is 9.53 Å². The molecular weight excluding hydrogens is 180 g/mol. The summed E-state index contributed by atoms with van der Waals surface area (Å²) in [5.41, 5.74) is 0. The second-order valence-electron chi connectivity index (χ2n) is 3.62. The molecule has 1 heterocycles. The van der Waals surface area contributed by atoms with Gasteiger partial charge in [-0.3, -0.25) is 4.79 Å². The fraction of sp³-hybridized carbons (Fsp3) is 0.900. The summed E-state index contributed by atoms with van der Waals surface area (Å²) in [5, 5.41) is 6.18. The van der Waals surface area contributed by atoms with Crippen molar-refractivity contribution in [2.75, 3.05) is 26.3 Å². The minimum absolute atomic E-state index is 0.106. The van der Waals surface area contributed by atoms with E-state index in [0.29, 0.717) is 19.1 Å². The van der Waals surface area contributed by atoms with Gasteiger partial charge in [-0.15, -0.1) is 0 Å². The van der Waals surface area contributed by atoms with Crippen LogP contribution in [0.3, 0.4) is 0 Å². The highest BCUT2D eigenvalue weighted by molar-refractivity contribution is 5.76. The molecule has 0 aromatic rings. The topological polar surface area (TPSA) is 50.4 Å². The van der Waals surface area contributed by atoms with Crippen LogP contribution in [0.4, 0.5) is 0 Å². The third-order valence-corrected chi connectivity index (χ3v) is 2.25. The van der Waals surface area contributed by atoms with Crippen LogP contribution in [0.25, 0.3) is 0 Å². The zero-order chi connectivity index (χ0) is 10.2. The molecule has 1 saturated heterocycles. The molecule has 1 aliphatic rings. The second-order valence-corrected chi connectivity index (χ2v) is 3.62. The number of nitrogens with one attached hydrogen (secondary N) is 2. The number of carbonyl (C=O) groups is 1. The lowest BCUT2D eigenvalue weighted by molar-refractivity contribution is -0.122. The fourth-order valence-corrected chi connectivity index (χ4v) is 1.49. The SMILES string of the molecule is CCCOCCC(=O)NC1CCNC1. The molecule has 1 rings (SSSR count). The van der Waals surface area contributed by atoms with Crippen LogP contribution in [-0.4, -0.2) is 38.3 Å². The van der Waals surface area contributed by atoms with E-state index < -0.39 is 0 Å². The first-order valence-corrected chi connectivity index (χ1v) is 5.40. The van der Waals surface area contributed by atoms with E-state index in [4.69, 9.17) is 4.74 Å². The summed E-state index contributed by atoms with van der Waals surface area (Å²) in [6.45, 7) is 5.27. The van der Waals surface area contributed by atoms with Gasteiger partial charge in [0.05, 0.1) is 6.61 Å². The van der Waals surface area contributed by atoms with Gasteiger partial charge in [-0.1, -0.05) is 6.92 Å². The lowest BCUT2D eigenvalue weighted by Crippen LogP contribution is -2.36. The molecule has 4 nitrogen and oxygen atoms in total. The monoisotopic (exact) mass is 200 g/mol. The minimum atomic E-state index is 0.106. The zero-order valence-corrected chi connectivity index (χ0v) is 8.84. The van der Waals surface area contributed by atoms with Crippen molar-refractivity contribution in [3.05, 3.63) is 0 Å². The molecule has 1 fully saturated rings. The highest BCUT2D eigenvalue weighted by Crippen LogP contribution is 1.97. The Bertz CT molecular complexity index is 168. The summed E-state index contributed by atoms with van der Waals surface area (Å²) in [7, 11) is 0. The first kappa shape index (κ1) is 11.5. The van der Waals surface area contributed by atoms with Crippen molar-refractivity contribution in [3.63, 3.8) is 0 Å². The maximum absolute atomic E-state index is 11.3. The Labute approximate surface area is 85.4 Å². The standard InChI is InChI=1S/C10H20N2O2/c1-2-6-14-7-4-10(13)12-9-3-5-11-8-9/h9,11H,2-8H2,1H3,(H,12,13). The lowest BCUT2D eigenvalue weighted by atomic mass is 10.2. The molecule has 14 heavy (non-hydrogen) atoms. The summed E-state index contributed by atoms with van der Waals surface area (Å²) < 4.78 is 5.24. The van der Waals surface area contributed by atoms with Gasteiger partial charge in [-0.05, 0) is 19.4 Å². The third kappa shape index (κ3) is 4.58. The lowest BCUT2D eigenvalue weighted by Gasteiger charge is -2.10. The maximum atomic E-state index is 11.3. The van der Waals surface area contributed by atoms with Crippen LogP contribution in [0.2, 0.25) is 0 Å². The fourth-order valence-electron chi connectivity index (χ4n) is 1.49. The largest absolute Gasteiger partial charge is 0.381 e. The highest BCUT2D eigenvalue weighted by atomic mass is 16.5. The molecule has 1 amide bonds. The van der Waals surface area contributed by atoms with Gasteiger partial charge in [-0.2, -0.15) is 0 Å². The Hall–Kier alpha value is -0.610. The first-order valence-electron chi connectivity index (χ1n) is 5.40. The van der Waals surface area contributed by atoms with Crippen molar-refractivity contribution in [1.82, 2.24) is 10.6 Å². The number of ether oxygens (including phenoxy) is 1. The molecule has 0 aromatic carbocycles. The van der Waals surface area contributed by atoms with Gasteiger partial charge in [0.25, 0.3) is 0 Å². The quantitative estimate of drug-likeness (QED) is 0.606. The predicted molar refractivity (Wildman–Crippen MR) is 55.1 cm³/mol. The molecule has 0 aliphatic carbocycles. The van der Waals surface area contributed by atoms with E-state index in [-0.39, 0.29) is 5.91 Å². The van der Waals surface area contributed by atoms with Gasteiger partial charge < -0.3 is 15.4 Å². The second kappa shape index (κ2) is 6.79. The Morgan fingerprint density at radius 2 is 2.43 bits per heavy atom. The van der Waals surface area contributed by atoms with Gasteiger partial charge in [0.1, 0.15) is 0 Å². The average molecular weight is 200 g/mol. The summed E-state index contributed by atoms with van der Waals surface area (Å²) in [6.07, 6.45) is 2.53. The Kier molecular flexibility index (Phi) is 5.56. The summed E-state index contributed by atoms with van der Waals surface area (Å²) >= 11 is 0. The molecule has 0 bridgehead atoms. The van der Waals surface area contributed by atoms with Gasteiger partial charge in [0, 0.05) is 25.6 Å². The summed E-state index contributed by atoms with van der Waals surface area (Å²) in [5.74, 6) is 0.106. The van der Waals surface area contributed by atoms with Crippen LogP contribution in [0, 0.1) is 0 Å². The van der Waals surface area contributed by atoms with Crippen LogP contribution >= 0.6 is 0 Å². The molecule has 0 saturated carbocycles. The van der Waals surface area contributed by atoms with E-state index in [1.54, 1.807) is 0 Å². The van der Waals surface area contributed by atoms with E-state index in [1.165, 1.54) is 0 Å². The molecule has 82 valence electrons. The summed E-state index contributed by atoms with van der Waals surface area (Å²) in [4.78, 5) is 11.3. The van der Waals surface area contributed by atoms with Crippen LogP contribution in [0.1, 0.15) is 26.2 Å². The normalized spacial score (nSPS) is 21.1. The van der Waals surface area contributed by atoms with Crippen molar-refractivity contribution in [1.29, 1.82) is 0 Å². The highest BCUT2D eigenvalue weighted by Gasteiger charge is 2.15. The number of amides is 1. The smallest absolute Gasteiger partial charge is 0.222 e. The van der Waals surface area contributed by atoms with Crippen LogP contribution in [0.5, 0.6) is 0 Å². The third-order valence-electron chi connectivity index (χ3n) is 2.25. The molecule has 1 atom stereocenters. The Morgan fingerprint density at radius 3 is 3.07 bits per heavy atom.